The number of nitrogens with one attached hydrogen (secondary N) is 1. The van der Waals surface area contributed by atoms with Gasteiger partial charge in [0.05, 0.1) is 0 Å². The summed E-state index contributed by atoms with van der Waals surface area (Å²) in [5.41, 5.74) is 2.93. The smallest absolute Gasteiger partial charge is 0.0320 e. The summed E-state index contributed by atoms with van der Waals surface area (Å²) in [6, 6.07) is 9.65. The summed E-state index contributed by atoms with van der Waals surface area (Å²) in [6.45, 7) is 5.69. The van der Waals surface area contributed by atoms with Crippen molar-refractivity contribution < 1.29 is 0 Å². The van der Waals surface area contributed by atoms with Crippen molar-refractivity contribution in [2.24, 2.45) is 0 Å². The van der Waals surface area contributed by atoms with Gasteiger partial charge < -0.3 is 5.32 Å². The Balaban J connectivity index is 2.16. The fraction of sp³-hybridized carbons (Fsp3) is 0.571. The Labute approximate surface area is 92.9 Å². The largest absolute Gasteiger partial charge is 0.310 e. The third kappa shape index (κ3) is 2.60. The lowest BCUT2D eigenvalue weighted by atomic mass is 9.93. The van der Waals surface area contributed by atoms with Crippen LogP contribution >= 0.6 is 0 Å². The van der Waals surface area contributed by atoms with E-state index >= 15 is 0 Å². The van der Waals surface area contributed by atoms with E-state index in [1.807, 2.05) is 0 Å². The SMILES string of the molecule is CC(C)c1cccc([C@H]2CCCCN2)c1. The summed E-state index contributed by atoms with van der Waals surface area (Å²) < 4.78 is 0. The second kappa shape index (κ2) is 4.80. The van der Waals surface area contributed by atoms with Crippen LogP contribution < -0.4 is 5.32 Å². The molecular formula is C14H21N. The summed E-state index contributed by atoms with van der Waals surface area (Å²) in [6.07, 6.45) is 3.99. The molecule has 1 N–H and O–H groups in total. The highest BCUT2D eigenvalue weighted by Crippen LogP contribution is 2.25. The summed E-state index contributed by atoms with van der Waals surface area (Å²) in [4.78, 5) is 0. The van der Waals surface area contributed by atoms with Crippen LogP contribution in [0, 0.1) is 0 Å². The Morgan fingerprint density at radius 1 is 1.27 bits per heavy atom. The predicted molar refractivity (Wildman–Crippen MR) is 65.1 cm³/mol. The first-order chi connectivity index (χ1) is 7.27. The molecular weight excluding hydrogens is 182 g/mol. The van der Waals surface area contributed by atoms with Crippen LogP contribution in [0.4, 0.5) is 0 Å². The summed E-state index contributed by atoms with van der Waals surface area (Å²) >= 11 is 0. The monoisotopic (exact) mass is 203 g/mol. The number of piperidine rings is 1. The second-order valence-corrected chi connectivity index (χ2v) is 4.83. The van der Waals surface area contributed by atoms with E-state index in [2.05, 4.69) is 43.4 Å². The maximum atomic E-state index is 3.60. The van der Waals surface area contributed by atoms with E-state index in [1.165, 1.54) is 36.9 Å². The minimum atomic E-state index is 0.595. The Bertz CT molecular complexity index is 311. The van der Waals surface area contributed by atoms with Crippen molar-refractivity contribution in [3.8, 4) is 0 Å². The average Bonchev–Trinajstić information content (AvgIpc) is 2.30. The summed E-state index contributed by atoms with van der Waals surface area (Å²) in [5, 5.41) is 3.60. The van der Waals surface area contributed by atoms with Crippen molar-refractivity contribution in [3.05, 3.63) is 35.4 Å². The standard InChI is InChI=1S/C14H21N/c1-11(2)12-6-5-7-13(10-12)14-8-3-4-9-15-14/h5-7,10-11,14-15H,3-4,8-9H2,1-2H3/t14-/m1/s1. The van der Waals surface area contributed by atoms with Gasteiger partial charge in [0.25, 0.3) is 0 Å². The van der Waals surface area contributed by atoms with E-state index in [0.29, 0.717) is 12.0 Å². The molecule has 15 heavy (non-hydrogen) atoms. The molecule has 0 amide bonds. The molecule has 0 aliphatic carbocycles. The minimum absolute atomic E-state index is 0.595. The van der Waals surface area contributed by atoms with Crippen molar-refractivity contribution in [1.82, 2.24) is 5.32 Å². The zero-order valence-electron chi connectivity index (χ0n) is 9.79. The molecule has 1 nitrogen and oxygen atoms in total. The molecule has 0 bridgehead atoms. The maximum absolute atomic E-state index is 3.60. The molecule has 1 aromatic rings. The van der Waals surface area contributed by atoms with Crippen LogP contribution in [0.5, 0.6) is 0 Å². The maximum Gasteiger partial charge on any atom is 0.0320 e. The molecule has 0 saturated carbocycles. The van der Waals surface area contributed by atoms with Gasteiger partial charge in [0, 0.05) is 6.04 Å². The molecule has 0 spiro atoms. The molecule has 1 saturated heterocycles. The Hall–Kier alpha value is -0.820. The zero-order chi connectivity index (χ0) is 10.7. The Kier molecular flexibility index (Phi) is 3.42. The van der Waals surface area contributed by atoms with Gasteiger partial charge in [0.1, 0.15) is 0 Å². The van der Waals surface area contributed by atoms with Crippen molar-refractivity contribution in [1.29, 1.82) is 0 Å². The van der Waals surface area contributed by atoms with Crippen LogP contribution in [0.2, 0.25) is 0 Å². The van der Waals surface area contributed by atoms with E-state index in [1.54, 1.807) is 0 Å². The zero-order valence-corrected chi connectivity index (χ0v) is 9.79. The Morgan fingerprint density at radius 2 is 2.13 bits per heavy atom. The molecule has 1 aromatic carbocycles. The molecule has 1 fully saturated rings. The third-order valence-corrected chi connectivity index (χ3v) is 3.29. The molecule has 82 valence electrons. The molecule has 0 radical (unpaired) electrons. The van der Waals surface area contributed by atoms with E-state index in [4.69, 9.17) is 0 Å². The molecule has 0 unspecified atom stereocenters. The Morgan fingerprint density at radius 3 is 2.80 bits per heavy atom. The molecule has 1 aliphatic heterocycles. The fourth-order valence-corrected chi connectivity index (χ4v) is 2.27. The first-order valence-electron chi connectivity index (χ1n) is 6.10. The van der Waals surface area contributed by atoms with Crippen LogP contribution in [-0.4, -0.2) is 6.54 Å². The average molecular weight is 203 g/mol. The van der Waals surface area contributed by atoms with Crippen molar-refractivity contribution in [2.45, 2.75) is 45.1 Å². The van der Waals surface area contributed by atoms with Gasteiger partial charge in [0.15, 0.2) is 0 Å². The lowest BCUT2D eigenvalue weighted by molar-refractivity contribution is 0.412. The molecule has 2 rings (SSSR count). The molecule has 1 aliphatic rings. The normalized spacial score (nSPS) is 21.9. The third-order valence-electron chi connectivity index (χ3n) is 3.29. The number of hydrogen-bond donors (Lipinski definition) is 1. The van der Waals surface area contributed by atoms with Gasteiger partial charge in [-0.05, 0) is 36.4 Å². The molecule has 1 atom stereocenters. The van der Waals surface area contributed by atoms with Gasteiger partial charge in [-0.1, -0.05) is 44.5 Å². The lowest BCUT2D eigenvalue weighted by Gasteiger charge is -2.24. The summed E-state index contributed by atoms with van der Waals surface area (Å²) in [7, 11) is 0. The minimum Gasteiger partial charge on any atom is -0.310 e. The number of rotatable bonds is 2. The van der Waals surface area contributed by atoms with Gasteiger partial charge in [0.2, 0.25) is 0 Å². The van der Waals surface area contributed by atoms with Crippen LogP contribution in [-0.2, 0) is 0 Å². The van der Waals surface area contributed by atoms with Gasteiger partial charge >= 0.3 is 0 Å². The van der Waals surface area contributed by atoms with Crippen LogP contribution in [0.1, 0.15) is 56.2 Å². The summed E-state index contributed by atoms with van der Waals surface area (Å²) in [5.74, 6) is 0.633. The van der Waals surface area contributed by atoms with Crippen LogP contribution in [0.3, 0.4) is 0 Å². The topological polar surface area (TPSA) is 12.0 Å². The van der Waals surface area contributed by atoms with E-state index < -0.39 is 0 Å². The highest BCUT2D eigenvalue weighted by molar-refractivity contribution is 5.28. The van der Waals surface area contributed by atoms with E-state index in [-0.39, 0.29) is 0 Å². The van der Waals surface area contributed by atoms with Gasteiger partial charge in [-0.2, -0.15) is 0 Å². The molecule has 1 heteroatoms. The van der Waals surface area contributed by atoms with E-state index in [9.17, 15) is 0 Å². The molecule has 1 heterocycles. The quantitative estimate of drug-likeness (QED) is 0.774. The first kappa shape index (κ1) is 10.7. The van der Waals surface area contributed by atoms with Crippen LogP contribution in [0.15, 0.2) is 24.3 Å². The van der Waals surface area contributed by atoms with E-state index in [0.717, 1.165) is 0 Å². The first-order valence-corrected chi connectivity index (χ1v) is 6.10. The lowest BCUT2D eigenvalue weighted by Crippen LogP contribution is -2.26. The fourth-order valence-electron chi connectivity index (χ4n) is 2.27. The highest BCUT2D eigenvalue weighted by Gasteiger charge is 2.14. The predicted octanol–water partition coefficient (Wildman–Crippen LogP) is 3.62. The second-order valence-electron chi connectivity index (χ2n) is 4.83. The number of benzene rings is 1. The molecule has 0 aromatic heterocycles. The van der Waals surface area contributed by atoms with Gasteiger partial charge in [-0.25, -0.2) is 0 Å². The van der Waals surface area contributed by atoms with Crippen molar-refractivity contribution in [3.63, 3.8) is 0 Å². The van der Waals surface area contributed by atoms with Gasteiger partial charge in [-0.3, -0.25) is 0 Å². The van der Waals surface area contributed by atoms with Crippen molar-refractivity contribution in [2.75, 3.05) is 6.54 Å². The van der Waals surface area contributed by atoms with Crippen molar-refractivity contribution >= 4 is 0 Å². The van der Waals surface area contributed by atoms with Gasteiger partial charge in [-0.15, -0.1) is 0 Å². The van der Waals surface area contributed by atoms with Crippen LogP contribution in [0.25, 0.3) is 0 Å². The number of hydrogen-bond acceptors (Lipinski definition) is 1. The highest BCUT2D eigenvalue weighted by atomic mass is 14.9.